The van der Waals surface area contributed by atoms with E-state index in [2.05, 4.69) is 20.8 Å². The summed E-state index contributed by atoms with van der Waals surface area (Å²) >= 11 is 0. The molecule has 6 rings (SSSR count). The number of rotatable bonds is 6. The van der Waals surface area contributed by atoms with E-state index in [4.69, 9.17) is 0 Å². The van der Waals surface area contributed by atoms with E-state index < -0.39 is 0 Å². The van der Waals surface area contributed by atoms with Gasteiger partial charge in [-0.3, -0.25) is 19.0 Å². The molecule has 0 saturated heterocycles. The molecule has 0 atom stereocenters. The van der Waals surface area contributed by atoms with Crippen LogP contribution >= 0.6 is 0 Å². The van der Waals surface area contributed by atoms with Crippen LogP contribution in [0.15, 0.2) is 12.4 Å². The van der Waals surface area contributed by atoms with Crippen LogP contribution in [0.5, 0.6) is 0 Å². The van der Waals surface area contributed by atoms with E-state index in [0.29, 0.717) is 30.0 Å². The number of nitrogens with one attached hydrogen (secondary N) is 2. The summed E-state index contributed by atoms with van der Waals surface area (Å²) in [5.41, 5.74) is 2.54. The average molecular weight is 425 g/mol. The first-order valence-electron chi connectivity index (χ1n) is 11.5. The minimum absolute atomic E-state index is 0.00390. The highest BCUT2D eigenvalue weighted by molar-refractivity contribution is 6.09. The minimum Gasteiger partial charge on any atom is -0.323 e. The Balaban J connectivity index is 1.32. The van der Waals surface area contributed by atoms with Crippen molar-refractivity contribution in [3.05, 3.63) is 23.8 Å². The Kier molecular flexibility index (Phi) is 4.90. The van der Waals surface area contributed by atoms with Gasteiger partial charge < -0.3 is 10.6 Å². The molecule has 4 bridgehead atoms. The number of anilines is 2. The Morgan fingerprint density at radius 2 is 1.65 bits per heavy atom. The van der Waals surface area contributed by atoms with E-state index in [1.165, 1.54) is 38.5 Å². The Labute approximate surface area is 182 Å². The van der Waals surface area contributed by atoms with Crippen molar-refractivity contribution in [1.82, 2.24) is 19.6 Å². The zero-order valence-electron chi connectivity index (χ0n) is 18.6. The number of aromatic nitrogens is 4. The zero-order valence-corrected chi connectivity index (χ0v) is 18.6. The number of hydrogen-bond acceptors (Lipinski definition) is 4. The topological polar surface area (TPSA) is 93.8 Å². The number of carbonyl (C=O) groups is 2. The molecule has 0 aliphatic heterocycles. The molecule has 166 valence electrons. The molecule has 4 aliphatic rings. The quantitative estimate of drug-likeness (QED) is 0.739. The largest absolute Gasteiger partial charge is 0.323 e. The van der Waals surface area contributed by atoms with E-state index in [-0.39, 0.29) is 17.2 Å². The number of aryl methyl sites for hydroxylation is 2. The van der Waals surface area contributed by atoms with Crippen molar-refractivity contribution >= 4 is 23.2 Å². The SMILES string of the molecule is CCn1ncc(NC(=O)CC23CC4CC(CC(C4)C2)C3)c1C(=O)Nc1cnn(C)c1C. The second-order valence-corrected chi connectivity index (χ2v) is 10.1. The summed E-state index contributed by atoms with van der Waals surface area (Å²) in [5.74, 6) is 2.15. The number of nitrogens with zero attached hydrogens (tertiary/aromatic N) is 4. The van der Waals surface area contributed by atoms with Crippen LogP contribution in [0, 0.1) is 30.1 Å². The van der Waals surface area contributed by atoms with Crippen molar-refractivity contribution in [2.45, 2.75) is 65.3 Å². The highest BCUT2D eigenvalue weighted by atomic mass is 16.2. The van der Waals surface area contributed by atoms with Gasteiger partial charge in [0.05, 0.1) is 29.5 Å². The molecule has 0 unspecified atom stereocenters. The van der Waals surface area contributed by atoms with Gasteiger partial charge in [-0.25, -0.2) is 0 Å². The standard InChI is InChI=1S/C23H32N6O2/c1-4-29-21(22(31)27-18-12-24-28(3)14(18)2)19(13-25-29)26-20(30)11-23-8-15-5-16(9-23)7-17(6-15)10-23/h12-13,15-17H,4-11H2,1-3H3,(H,26,30)(H,27,31). The van der Waals surface area contributed by atoms with Crippen LogP contribution in [-0.2, 0) is 18.4 Å². The summed E-state index contributed by atoms with van der Waals surface area (Å²) in [6.45, 7) is 4.37. The Morgan fingerprint density at radius 1 is 1.03 bits per heavy atom. The van der Waals surface area contributed by atoms with Gasteiger partial charge in [-0.15, -0.1) is 0 Å². The lowest BCUT2D eigenvalue weighted by molar-refractivity contribution is -0.124. The molecule has 8 heteroatoms. The van der Waals surface area contributed by atoms with Crippen LogP contribution < -0.4 is 10.6 Å². The molecule has 2 N–H and O–H groups in total. The fraction of sp³-hybridized carbons (Fsp3) is 0.652. The second kappa shape index (κ2) is 7.50. The van der Waals surface area contributed by atoms with E-state index in [0.717, 1.165) is 23.4 Å². The first-order chi connectivity index (χ1) is 14.9. The van der Waals surface area contributed by atoms with Crippen LogP contribution in [0.2, 0.25) is 0 Å². The lowest BCUT2D eigenvalue weighted by atomic mass is 9.49. The van der Waals surface area contributed by atoms with Gasteiger partial charge in [0.15, 0.2) is 0 Å². The van der Waals surface area contributed by atoms with Crippen LogP contribution in [0.4, 0.5) is 11.4 Å². The summed E-state index contributed by atoms with van der Waals surface area (Å²) < 4.78 is 3.34. The Morgan fingerprint density at radius 3 is 2.19 bits per heavy atom. The summed E-state index contributed by atoms with van der Waals surface area (Å²) in [6, 6.07) is 0. The van der Waals surface area contributed by atoms with Gasteiger partial charge in [0.25, 0.3) is 5.91 Å². The molecule has 2 heterocycles. The number of amides is 2. The molecule has 8 nitrogen and oxygen atoms in total. The zero-order chi connectivity index (χ0) is 21.8. The number of hydrogen-bond donors (Lipinski definition) is 2. The number of carbonyl (C=O) groups excluding carboxylic acids is 2. The molecular formula is C23H32N6O2. The smallest absolute Gasteiger partial charge is 0.276 e. The van der Waals surface area contributed by atoms with Gasteiger partial charge in [0.2, 0.25) is 5.91 Å². The first kappa shape index (κ1) is 20.3. The third-order valence-corrected chi connectivity index (χ3v) is 7.81. The summed E-state index contributed by atoms with van der Waals surface area (Å²) in [6.07, 6.45) is 11.4. The molecule has 0 radical (unpaired) electrons. The van der Waals surface area contributed by atoms with E-state index in [1.807, 2.05) is 20.9 Å². The summed E-state index contributed by atoms with van der Waals surface area (Å²) in [5, 5.41) is 14.4. The molecular weight excluding hydrogens is 392 g/mol. The average Bonchev–Trinajstić information content (AvgIpc) is 3.24. The highest BCUT2D eigenvalue weighted by Crippen LogP contribution is 2.61. The molecule has 0 aromatic carbocycles. The molecule has 31 heavy (non-hydrogen) atoms. The van der Waals surface area contributed by atoms with Crippen molar-refractivity contribution in [3.8, 4) is 0 Å². The van der Waals surface area contributed by atoms with Crippen LogP contribution in [-0.4, -0.2) is 31.4 Å². The van der Waals surface area contributed by atoms with Crippen LogP contribution in [0.1, 0.15) is 68.1 Å². The van der Waals surface area contributed by atoms with Crippen LogP contribution in [0.3, 0.4) is 0 Å². The van der Waals surface area contributed by atoms with Crippen molar-refractivity contribution in [2.24, 2.45) is 30.2 Å². The maximum Gasteiger partial charge on any atom is 0.276 e. The molecule has 0 spiro atoms. The Hall–Kier alpha value is -2.64. The summed E-state index contributed by atoms with van der Waals surface area (Å²) in [4.78, 5) is 26.2. The van der Waals surface area contributed by atoms with Crippen LogP contribution in [0.25, 0.3) is 0 Å². The first-order valence-corrected chi connectivity index (χ1v) is 11.5. The maximum atomic E-state index is 13.1. The predicted octanol–water partition coefficient (Wildman–Crippen LogP) is 3.74. The third-order valence-electron chi connectivity index (χ3n) is 7.81. The lowest BCUT2D eigenvalue weighted by Crippen LogP contribution is -2.47. The van der Waals surface area contributed by atoms with Crippen molar-refractivity contribution in [1.29, 1.82) is 0 Å². The molecule has 4 fully saturated rings. The highest BCUT2D eigenvalue weighted by Gasteiger charge is 2.51. The fourth-order valence-corrected chi connectivity index (χ4v) is 6.80. The fourth-order valence-electron chi connectivity index (χ4n) is 6.80. The maximum absolute atomic E-state index is 13.1. The second-order valence-electron chi connectivity index (χ2n) is 10.1. The van der Waals surface area contributed by atoms with Crippen molar-refractivity contribution < 1.29 is 9.59 Å². The van der Waals surface area contributed by atoms with Gasteiger partial charge in [-0.1, -0.05) is 0 Å². The molecule has 2 amide bonds. The monoisotopic (exact) mass is 424 g/mol. The van der Waals surface area contributed by atoms with Gasteiger partial charge in [-0.05, 0) is 75.5 Å². The van der Waals surface area contributed by atoms with Gasteiger partial charge in [0.1, 0.15) is 5.69 Å². The molecule has 2 aromatic rings. The van der Waals surface area contributed by atoms with E-state index in [1.54, 1.807) is 21.8 Å². The van der Waals surface area contributed by atoms with E-state index >= 15 is 0 Å². The van der Waals surface area contributed by atoms with Crippen molar-refractivity contribution in [2.75, 3.05) is 10.6 Å². The van der Waals surface area contributed by atoms with Gasteiger partial charge in [-0.2, -0.15) is 10.2 Å². The molecule has 4 saturated carbocycles. The molecule has 2 aromatic heterocycles. The third kappa shape index (κ3) is 3.66. The Bertz CT molecular complexity index is 984. The van der Waals surface area contributed by atoms with E-state index in [9.17, 15) is 9.59 Å². The lowest BCUT2D eigenvalue weighted by Gasteiger charge is -2.56. The summed E-state index contributed by atoms with van der Waals surface area (Å²) in [7, 11) is 1.83. The normalized spacial score (nSPS) is 28.7. The predicted molar refractivity (Wildman–Crippen MR) is 118 cm³/mol. The minimum atomic E-state index is -0.291. The van der Waals surface area contributed by atoms with Gasteiger partial charge >= 0.3 is 0 Å². The molecule has 4 aliphatic carbocycles. The van der Waals surface area contributed by atoms with Gasteiger partial charge in [0, 0.05) is 20.0 Å². The van der Waals surface area contributed by atoms with Crippen molar-refractivity contribution in [3.63, 3.8) is 0 Å².